The van der Waals surface area contributed by atoms with Crippen molar-refractivity contribution in [1.82, 2.24) is 9.36 Å². The summed E-state index contributed by atoms with van der Waals surface area (Å²) in [5.41, 5.74) is 0.843. The normalized spacial score (nSPS) is 12.1. The van der Waals surface area contributed by atoms with Crippen molar-refractivity contribution in [3.05, 3.63) is 18.0 Å². The molecule has 0 radical (unpaired) electrons. The van der Waals surface area contributed by atoms with Crippen molar-refractivity contribution in [3.63, 3.8) is 0 Å². The van der Waals surface area contributed by atoms with Crippen LogP contribution in [-0.4, -0.2) is 22.3 Å². The molecule has 0 amide bonds. The summed E-state index contributed by atoms with van der Waals surface area (Å²) in [7, 11) is -4.26. The molecule has 74 valence electrons. The molecule has 0 saturated carbocycles. The molecule has 2 rings (SSSR count). The monoisotopic (exact) mass is 230 g/mol. The Morgan fingerprint density at radius 1 is 1.43 bits per heavy atom. The van der Waals surface area contributed by atoms with E-state index in [-0.39, 0.29) is 5.03 Å². The Hall–Kier alpha value is -1.05. The van der Waals surface area contributed by atoms with Crippen LogP contribution in [0.25, 0.3) is 10.1 Å². The summed E-state index contributed by atoms with van der Waals surface area (Å²) < 4.78 is 35.3. The number of pyridine rings is 1. The molecule has 0 aliphatic carbocycles. The van der Waals surface area contributed by atoms with Crippen molar-refractivity contribution in [2.45, 2.75) is 11.9 Å². The molecule has 7 heteroatoms. The van der Waals surface area contributed by atoms with Crippen LogP contribution in [-0.2, 0) is 10.1 Å². The van der Waals surface area contributed by atoms with E-state index in [9.17, 15) is 8.42 Å². The van der Waals surface area contributed by atoms with E-state index in [0.29, 0.717) is 5.39 Å². The van der Waals surface area contributed by atoms with Crippen LogP contribution in [0.5, 0.6) is 0 Å². The van der Waals surface area contributed by atoms with Gasteiger partial charge in [0.05, 0.1) is 16.3 Å². The molecule has 0 bridgehead atoms. The molecular weight excluding hydrogens is 224 g/mol. The summed E-state index contributed by atoms with van der Waals surface area (Å²) in [6.07, 6.45) is 2.80. The second kappa shape index (κ2) is 2.97. The van der Waals surface area contributed by atoms with Crippen LogP contribution in [0, 0.1) is 6.92 Å². The topological polar surface area (TPSA) is 80.2 Å². The van der Waals surface area contributed by atoms with Gasteiger partial charge < -0.3 is 0 Å². The Balaban J connectivity index is 2.93. The third-order valence-corrected chi connectivity index (χ3v) is 3.53. The van der Waals surface area contributed by atoms with Gasteiger partial charge in [0.2, 0.25) is 0 Å². The minimum absolute atomic E-state index is 0.327. The van der Waals surface area contributed by atoms with Gasteiger partial charge in [-0.1, -0.05) is 0 Å². The van der Waals surface area contributed by atoms with Gasteiger partial charge in [0.1, 0.15) is 0 Å². The second-order valence-corrected chi connectivity index (χ2v) is 4.93. The quantitative estimate of drug-likeness (QED) is 0.746. The predicted molar refractivity (Wildman–Crippen MR) is 52.0 cm³/mol. The highest BCUT2D eigenvalue weighted by Crippen LogP contribution is 2.26. The van der Waals surface area contributed by atoms with Gasteiger partial charge in [0.15, 0.2) is 5.03 Å². The SMILES string of the molecule is Cc1cnc(S(=O)(=O)O)c2cnsc12. The molecule has 2 aromatic heterocycles. The number of aryl methyl sites for hydroxylation is 1. The zero-order chi connectivity index (χ0) is 10.3. The van der Waals surface area contributed by atoms with Crippen LogP contribution in [0.3, 0.4) is 0 Å². The first-order valence-corrected chi connectivity index (χ1v) is 5.89. The van der Waals surface area contributed by atoms with Gasteiger partial charge in [0, 0.05) is 6.20 Å². The molecule has 14 heavy (non-hydrogen) atoms. The fraction of sp³-hybridized carbons (Fsp3) is 0.143. The first kappa shape index (κ1) is 9.50. The summed E-state index contributed by atoms with van der Waals surface area (Å²) in [5, 5.41) is 0.0457. The van der Waals surface area contributed by atoms with Gasteiger partial charge in [0.25, 0.3) is 0 Å². The molecule has 0 aliphatic rings. The average Bonchev–Trinajstić information content (AvgIpc) is 2.50. The van der Waals surface area contributed by atoms with E-state index in [0.717, 1.165) is 10.3 Å². The lowest BCUT2D eigenvalue weighted by Crippen LogP contribution is -2.01. The predicted octanol–water partition coefficient (Wildman–Crippen LogP) is 1.25. The highest BCUT2D eigenvalue weighted by Gasteiger charge is 2.17. The van der Waals surface area contributed by atoms with Crippen LogP contribution < -0.4 is 0 Å². The maximum absolute atomic E-state index is 10.9. The molecule has 0 aromatic carbocycles. The van der Waals surface area contributed by atoms with Gasteiger partial charge in [-0.2, -0.15) is 12.8 Å². The zero-order valence-electron chi connectivity index (χ0n) is 7.13. The number of nitrogens with zero attached hydrogens (tertiary/aromatic N) is 2. The highest BCUT2D eigenvalue weighted by atomic mass is 32.2. The highest BCUT2D eigenvalue weighted by molar-refractivity contribution is 7.86. The fourth-order valence-electron chi connectivity index (χ4n) is 1.17. The molecule has 2 aromatic rings. The molecule has 0 atom stereocenters. The van der Waals surface area contributed by atoms with E-state index in [1.807, 2.05) is 0 Å². The zero-order valence-corrected chi connectivity index (χ0v) is 8.76. The second-order valence-electron chi connectivity index (χ2n) is 2.79. The number of hydrogen-bond donors (Lipinski definition) is 1. The Kier molecular flexibility index (Phi) is 2.02. The van der Waals surface area contributed by atoms with Crippen LogP contribution in [0.15, 0.2) is 17.4 Å². The Morgan fingerprint density at radius 3 is 2.79 bits per heavy atom. The minimum atomic E-state index is -4.26. The van der Waals surface area contributed by atoms with Crippen LogP contribution in [0.4, 0.5) is 0 Å². The van der Waals surface area contributed by atoms with Crippen molar-refractivity contribution >= 4 is 31.7 Å². The third-order valence-electron chi connectivity index (χ3n) is 1.78. The fourth-order valence-corrected chi connectivity index (χ4v) is 2.56. The summed E-state index contributed by atoms with van der Waals surface area (Å²) in [4.78, 5) is 3.68. The summed E-state index contributed by atoms with van der Waals surface area (Å²) in [6.45, 7) is 1.81. The van der Waals surface area contributed by atoms with Crippen molar-refractivity contribution in [3.8, 4) is 0 Å². The molecule has 0 aliphatic heterocycles. The standard InChI is InChI=1S/C7H6N2O3S2/c1-4-2-8-7(14(10,11)12)5-3-9-13-6(4)5/h2-3H,1H3,(H,10,11,12). The molecule has 0 fully saturated rings. The number of fused-ring (bicyclic) bond motifs is 1. The van der Waals surface area contributed by atoms with Gasteiger partial charge in [-0.3, -0.25) is 4.55 Å². The molecule has 2 heterocycles. The molecule has 0 unspecified atom stereocenters. The molecule has 0 saturated heterocycles. The van der Waals surface area contributed by atoms with E-state index in [2.05, 4.69) is 9.36 Å². The molecule has 0 spiro atoms. The van der Waals surface area contributed by atoms with Crippen LogP contribution in [0.1, 0.15) is 5.56 Å². The maximum atomic E-state index is 10.9. The van der Waals surface area contributed by atoms with Gasteiger partial charge in [-0.25, -0.2) is 4.98 Å². The lowest BCUT2D eigenvalue weighted by molar-refractivity contribution is 0.480. The third kappa shape index (κ3) is 1.39. The Bertz CT molecular complexity index is 588. The van der Waals surface area contributed by atoms with Gasteiger partial charge in [-0.05, 0) is 24.0 Å². The smallest absolute Gasteiger partial charge is 0.281 e. The van der Waals surface area contributed by atoms with Crippen LogP contribution in [0.2, 0.25) is 0 Å². The van der Waals surface area contributed by atoms with Gasteiger partial charge >= 0.3 is 10.1 Å². The van der Waals surface area contributed by atoms with Crippen molar-refractivity contribution in [2.75, 3.05) is 0 Å². The molecule has 5 nitrogen and oxygen atoms in total. The first-order valence-electron chi connectivity index (χ1n) is 3.67. The van der Waals surface area contributed by atoms with E-state index in [1.165, 1.54) is 23.9 Å². The maximum Gasteiger partial charge on any atom is 0.312 e. The summed E-state index contributed by atoms with van der Waals surface area (Å²) >= 11 is 1.18. The van der Waals surface area contributed by atoms with E-state index >= 15 is 0 Å². The van der Waals surface area contributed by atoms with E-state index in [4.69, 9.17) is 4.55 Å². The minimum Gasteiger partial charge on any atom is -0.281 e. The number of hydrogen-bond acceptors (Lipinski definition) is 5. The summed E-state index contributed by atoms with van der Waals surface area (Å²) in [6, 6.07) is 0. The van der Waals surface area contributed by atoms with Gasteiger partial charge in [-0.15, -0.1) is 0 Å². The van der Waals surface area contributed by atoms with Crippen molar-refractivity contribution in [1.29, 1.82) is 0 Å². The first-order chi connectivity index (χ1) is 6.50. The van der Waals surface area contributed by atoms with E-state index in [1.54, 1.807) is 6.92 Å². The van der Waals surface area contributed by atoms with E-state index < -0.39 is 10.1 Å². The number of rotatable bonds is 1. The van der Waals surface area contributed by atoms with Crippen molar-refractivity contribution < 1.29 is 13.0 Å². The lowest BCUT2D eigenvalue weighted by atomic mass is 10.3. The summed E-state index contributed by atoms with van der Waals surface area (Å²) in [5.74, 6) is 0. The average molecular weight is 230 g/mol. The van der Waals surface area contributed by atoms with Crippen molar-refractivity contribution in [2.24, 2.45) is 0 Å². The lowest BCUT2D eigenvalue weighted by Gasteiger charge is -1.99. The molecule has 1 N–H and O–H groups in total. The number of aromatic nitrogens is 2. The molecular formula is C7H6N2O3S2. The Labute approximate surface area is 84.3 Å². The van der Waals surface area contributed by atoms with Crippen LogP contribution >= 0.6 is 11.5 Å². The Morgan fingerprint density at radius 2 is 2.14 bits per heavy atom. The largest absolute Gasteiger partial charge is 0.312 e.